The van der Waals surface area contributed by atoms with E-state index in [4.69, 9.17) is 5.11 Å². The molecule has 0 aliphatic carbocycles. The molecule has 108 valence electrons. The van der Waals surface area contributed by atoms with Gasteiger partial charge in [-0.05, 0) is 33.3 Å². The van der Waals surface area contributed by atoms with Gasteiger partial charge < -0.3 is 5.11 Å². The summed E-state index contributed by atoms with van der Waals surface area (Å²) in [4.78, 5) is 22.7. The summed E-state index contributed by atoms with van der Waals surface area (Å²) < 4.78 is 2.85. The summed E-state index contributed by atoms with van der Waals surface area (Å²) in [6, 6.07) is -0.977. The quantitative estimate of drug-likeness (QED) is 0.842. The summed E-state index contributed by atoms with van der Waals surface area (Å²) in [5.41, 5.74) is 2.40. The highest BCUT2D eigenvalue weighted by Gasteiger charge is 2.21. The van der Waals surface area contributed by atoms with Crippen LogP contribution in [0.4, 0.5) is 0 Å². The summed E-state index contributed by atoms with van der Waals surface area (Å²) in [7, 11) is 0. The van der Waals surface area contributed by atoms with E-state index in [9.17, 15) is 9.59 Å². The summed E-state index contributed by atoms with van der Waals surface area (Å²) in [6.07, 6.45) is 0. The second-order valence-corrected chi connectivity index (χ2v) is 4.78. The maximum Gasteiger partial charge on any atom is 0.344 e. The van der Waals surface area contributed by atoms with Gasteiger partial charge in [0.1, 0.15) is 12.6 Å². The Kier molecular flexibility index (Phi) is 3.47. The van der Waals surface area contributed by atoms with Gasteiger partial charge in [0.15, 0.2) is 5.82 Å². The third-order valence-corrected chi connectivity index (χ3v) is 3.56. The van der Waals surface area contributed by atoms with Gasteiger partial charge in [-0.25, -0.2) is 14.7 Å². The molecule has 1 atom stereocenters. The summed E-state index contributed by atoms with van der Waals surface area (Å²) in [5, 5.41) is 19.6. The number of carboxylic acids is 1. The number of rotatable bonds is 4. The van der Waals surface area contributed by atoms with Gasteiger partial charge in [0.25, 0.3) is 0 Å². The van der Waals surface area contributed by atoms with Crippen molar-refractivity contribution in [1.29, 1.82) is 0 Å². The van der Waals surface area contributed by atoms with E-state index in [1.54, 1.807) is 4.68 Å². The maximum atomic E-state index is 11.7. The molecule has 0 bridgehead atoms. The van der Waals surface area contributed by atoms with E-state index in [2.05, 4.69) is 15.3 Å². The molecule has 0 aliphatic heterocycles. The molecule has 0 saturated carbocycles. The first-order valence-corrected chi connectivity index (χ1v) is 6.22. The van der Waals surface area contributed by atoms with Crippen molar-refractivity contribution in [3.8, 4) is 0 Å². The van der Waals surface area contributed by atoms with Gasteiger partial charge in [-0.1, -0.05) is 0 Å². The van der Waals surface area contributed by atoms with Gasteiger partial charge in [0.05, 0.1) is 5.69 Å². The highest BCUT2D eigenvalue weighted by atomic mass is 16.4. The van der Waals surface area contributed by atoms with E-state index in [1.165, 1.54) is 6.92 Å². The first-order chi connectivity index (χ1) is 9.32. The number of carbonyl (C=O) groups is 1. The van der Waals surface area contributed by atoms with Gasteiger partial charge in [-0.15, -0.1) is 0 Å². The van der Waals surface area contributed by atoms with E-state index in [0.717, 1.165) is 21.5 Å². The van der Waals surface area contributed by atoms with E-state index in [1.807, 2.05) is 20.8 Å². The Labute approximate surface area is 115 Å². The van der Waals surface area contributed by atoms with Crippen molar-refractivity contribution < 1.29 is 9.90 Å². The fourth-order valence-corrected chi connectivity index (χ4v) is 2.03. The molecule has 2 rings (SSSR count). The number of hydrogen-bond donors (Lipinski definition) is 2. The van der Waals surface area contributed by atoms with E-state index >= 15 is 0 Å². The number of nitrogens with one attached hydrogen (secondary N) is 1. The monoisotopic (exact) mass is 279 g/mol. The minimum Gasteiger partial charge on any atom is -0.480 e. The van der Waals surface area contributed by atoms with Crippen molar-refractivity contribution in [1.82, 2.24) is 24.5 Å². The zero-order valence-corrected chi connectivity index (χ0v) is 11.8. The Bertz CT molecular complexity index is 709. The van der Waals surface area contributed by atoms with Crippen molar-refractivity contribution in [2.75, 3.05) is 0 Å². The van der Waals surface area contributed by atoms with Gasteiger partial charge in [0, 0.05) is 5.69 Å². The van der Waals surface area contributed by atoms with Gasteiger partial charge in [-0.2, -0.15) is 10.2 Å². The topological polar surface area (TPSA) is 106 Å². The van der Waals surface area contributed by atoms with Crippen molar-refractivity contribution in [2.24, 2.45) is 0 Å². The average Bonchev–Trinajstić information content (AvgIpc) is 2.85. The molecular formula is C12H17N5O3. The Hall–Kier alpha value is -2.38. The van der Waals surface area contributed by atoms with Crippen LogP contribution in [0, 0.1) is 20.8 Å². The smallest absolute Gasteiger partial charge is 0.344 e. The first kappa shape index (κ1) is 14.0. The normalized spacial score (nSPS) is 12.6. The molecule has 2 N–H and O–H groups in total. The van der Waals surface area contributed by atoms with E-state index in [0.29, 0.717) is 5.82 Å². The zero-order valence-electron chi connectivity index (χ0n) is 11.8. The largest absolute Gasteiger partial charge is 0.480 e. The fraction of sp³-hybridized carbons (Fsp3) is 0.500. The third-order valence-electron chi connectivity index (χ3n) is 3.56. The Morgan fingerprint density at radius 3 is 2.55 bits per heavy atom. The van der Waals surface area contributed by atoms with Crippen LogP contribution >= 0.6 is 0 Å². The lowest BCUT2D eigenvalue weighted by Crippen LogP contribution is -2.28. The minimum atomic E-state index is -1.08. The highest BCUT2D eigenvalue weighted by Crippen LogP contribution is 2.13. The highest BCUT2D eigenvalue weighted by molar-refractivity contribution is 5.71. The predicted octanol–water partition coefficient (Wildman–Crippen LogP) is 0.387. The molecule has 0 amide bonds. The van der Waals surface area contributed by atoms with Crippen LogP contribution < -0.4 is 5.69 Å². The third kappa shape index (κ3) is 2.24. The first-order valence-electron chi connectivity index (χ1n) is 6.22. The van der Waals surface area contributed by atoms with Gasteiger partial charge in [0.2, 0.25) is 0 Å². The van der Waals surface area contributed by atoms with Crippen LogP contribution in [0.3, 0.4) is 0 Å². The number of aliphatic carboxylic acids is 1. The number of hydrogen-bond acceptors (Lipinski definition) is 4. The molecule has 2 aromatic rings. The van der Waals surface area contributed by atoms with Crippen molar-refractivity contribution in [3.63, 3.8) is 0 Å². The van der Waals surface area contributed by atoms with Crippen LogP contribution in [-0.4, -0.2) is 35.6 Å². The number of nitrogens with zero attached hydrogens (tertiary/aromatic N) is 4. The lowest BCUT2D eigenvalue weighted by molar-refractivity contribution is -0.140. The zero-order chi connectivity index (χ0) is 15.0. The summed E-state index contributed by atoms with van der Waals surface area (Å²) in [5.74, 6) is -0.741. The molecule has 0 radical (unpaired) electrons. The summed E-state index contributed by atoms with van der Waals surface area (Å²) >= 11 is 0. The molecule has 0 aliphatic rings. The average molecular weight is 279 g/mol. The van der Waals surface area contributed by atoms with Crippen LogP contribution in [0.5, 0.6) is 0 Å². The number of H-pyrrole nitrogens is 1. The van der Waals surface area contributed by atoms with Crippen molar-refractivity contribution in [3.05, 3.63) is 33.3 Å². The Morgan fingerprint density at radius 1 is 1.40 bits per heavy atom. The lowest BCUT2D eigenvalue weighted by atomic mass is 10.2. The summed E-state index contributed by atoms with van der Waals surface area (Å²) in [6.45, 7) is 7.47. The van der Waals surface area contributed by atoms with E-state index < -0.39 is 17.7 Å². The Morgan fingerprint density at radius 2 is 2.05 bits per heavy atom. The standard InChI is InChI=1S/C12H17N5O3/c1-6-7(2)15-16(8(6)3)5-10-13-14-12(20)17(10)9(4)11(18)19/h9H,5H2,1-4H3,(H,14,20)(H,18,19). The van der Waals surface area contributed by atoms with Crippen LogP contribution in [0.25, 0.3) is 0 Å². The molecule has 0 spiro atoms. The van der Waals surface area contributed by atoms with Crippen LogP contribution in [-0.2, 0) is 11.3 Å². The molecule has 0 saturated heterocycles. The molecular weight excluding hydrogens is 262 g/mol. The van der Waals surface area contributed by atoms with Crippen molar-refractivity contribution in [2.45, 2.75) is 40.3 Å². The second kappa shape index (κ2) is 4.95. The van der Waals surface area contributed by atoms with Crippen molar-refractivity contribution >= 4 is 5.97 Å². The van der Waals surface area contributed by atoms with E-state index in [-0.39, 0.29) is 6.54 Å². The number of carboxylic acid groups (broad SMARTS) is 1. The Balaban J connectivity index is 2.42. The molecule has 1 unspecified atom stereocenters. The fourth-order valence-electron chi connectivity index (χ4n) is 2.03. The molecule has 20 heavy (non-hydrogen) atoms. The molecule has 0 fully saturated rings. The van der Waals surface area contributed by atoms with Gasteiger partial charge in [-0.3, -0.25) is 9.25 Å². The van der Waals surface area contributed by atoms with Crippen LogP contribution in [0.15, 0.2) is 4.79 Å². The van der Waals surface area contributed by atoms with Gasteiger partial charge >= 0.3 is 11.7 Å². The number of aryl methyl sites for hydroxylation is 1. The van der Waals surface area contributed by atoms with Crippen LogP contribution in [0.2, 0.25) is 0 Å². The SMILES string of the molecule is Cc1nn(Cc2n[nH]c(=O)n2C(C)C(=O)O)c(C)c1C. The molecule has 0 aromatic carbocycles. The molecule has 8 nitrogen and oxygen atoms in total. The molecule has 2 aromatic heterocycles. The maximum absolute atomic E-state index is 11.7. The molecule has 2 heterocycles. The minimum absolute atomic E-state index is 0.247. The predicted molar refractivity (Wildman–Crippen MR) is 70.7 cm³/mol. The second-order valence-electron chi connectivity index (χ2n) is 4.78. The molecule has 8 heteroatoms. The lowest BCUT2D eigenvalue weighted by Gasteiger charge is -2.10. The number of aromatic amines is 1. The van der Waals surface area contributed by atoms with Crippen LogP contribution in [0.1, 0.15) is 35.7 Å². The number of aromatic nitrogens is 5.